The summed E-state index contributed by atoms with van der Waals surface area (Å²) in [5.41, 5.74) is 4.27. The molecule has 0 saturated carbocycles. The van der Waals surface area contributed by atoms with E-state index in [1.54, 1.807) is 6.26 Å². The maximum absolute atomic E-state index is 11.7. The van der Waals surface area contributed by atoms with Crippen LogP contribution in [0.15, 0.2) is 56.7 Å². The molecule has 2 rings (SSSR count). The second kappa shape index (κ2) is 8.38. The van der Waals surface area contributed by atoms with Gasteiger partial charge in [0.1, 0.15) is 5.76 Å². The summed E-state index contributed by atoms with van der Waals surface area (Å²) in [4.78, 5) is 11.7. The number of carbonyl (C=O) groups excluding carboxylic acids is 1. The van der Waals surface area contributed by atoms with Crippen LogP contribution in [0.3, 0.4) is 0 Å². The van der Waals surface area contributed by atoms with E-state index in [1.165, 1.54) is 0 Å². The van der Waals surface area contributed by atoms with Crippen LogP contribution in [0.2, 0.25) is 0 Å². The minimum atomic E-state index is -0.183. The van der Waals surface area contributed by atoms with E-state index >= 15 is 0 Å². The molecule has 0 aliphatic heterocycles. The Morgan fingerprint density at radius 1 is 1.32 bits per heavy atom. The quantitative estimate of drug-likeness (QED) is 0.583. The molecule has 2 aromatic rings. The van der Waals surface area contributed by atoms with Gasteiger partial charge in [-0.05, 0) is 43.7 Å². The lowest BCUT2D eigenvalue weighted by molar-refractivity contribution is -0.119. The van der Waals surface area contributed by atoms with Crippen molar-refractivity contribution in [3.8, 4) is 0 Å². The molecule has 0 unspecified atom stereocenters. The molecule has 0 bridgehead atoms. The second-order valence-corrected chi connectivity index (χ2v) is 5.74. The molecule has 0 aliphatic carbocycles. The first-order chi connectivity index (χ1) is 10.6. The molecular formula is C16H18BrN3O2. The lowest BCUT2D eigenvalue weighted by atomic mass is 10.2. The predicted octanol–water partition coefficient (Wildman–Crippen LogP) is 3.58. The van der Waals surface area contributed by atoms with Crippen molar-refractivity contribution < 1.29 is 9.21 Å². The summed E-state index contributed by atoms with van der Waals surface area (Å²) in [5.74, 6) is 0.731. The third-order valence-electron chi connectivity index (χ3n) is 2.96. The van der Waals surface area contributed by atoms with Gasteiger partial charge < -0.3 is 9.73 Å². The Balaban J connectivity index is 1.71. The summed E-state index contributed by atoms with van der Waals surface area (Å²) < 4.78 is 6.21. The Labute approximate surface area is 137 Å². The first-order valence-corrected chi connectivity index (χ1v) is 7.76. The third kappa shape index (κ3) is 5.73. The van der Waals surface area contributed by atoms with Gasteiger partial charge in [0.2, 0.25) is 0 Å². The van der Waals surface area contributed by atoms with Gasteiger partial charge in [-0.3, -0.25) is 4.79 Å². The van der Waals surface area contributed by atoms with Gasteiger partial charge in [0.05, 0.1) is 12.8 Å². The Morgan fingerprint density at radius 3 is 2.91 bits per heavy atom. The van der Waals surface area contributed by atoms with Gasteiger partial charge in [0.25, 0.3) is 5.91 Å². The highest BCUT2D eigenvalue weighted by Crippen LogP contribution is 2.15. The molecule has 0 aliphatic rings. The molecule has 1 aromatic heterocycles. The van der Waals surface area contributed by atoms with E-state index < -0.39 is 0 Å². The summed E-state index contributed by atoms with van der Waals surface area (Å²) in [6.45, 7) is 2.05. The summed E-state index contributed by atoms with van der Waals surface area (Å²) in [5, 5.41) is 7.12. The van der Waals surface area contributed by atoms with Crippen molar-refractivity contribution in [2.45, 2.75) is 19.8 Å². The number of aryl methyl sites for hydroxylation is 1. The van der Waals surface area contributed by atoms with Crippen molar-refractivity contribution in [1.29, 1.82) is 0 Å². The number of nitrogens with one attached hydrogen (secondary N) is 2. The fraction of sp³-hybridized carbons (Fsp3) is 0.250. The number of hydrogen-bond donors (Lipinski definition) is 2. The number of nitrogens with zero attached hydrogens (tertiary/aromatic N) is 1. The summed E-state index contributed by atoms with van der Waals surface area (Å²) in [7, 11) is 0. The highest BCUT2D eigenvalue weighted by Gasteiger charge is 2.02. The van der Waals surface area contributed by atoms with Gasteiger partial charge in [-0.2, -0.15) is 5.10 Å². The zero-order valence-corrected chi connectivity index (χ0v) is 13.9. The van der Waals surface area contributed by atoms with Gasteiger partial charge in [0.15, 0.2) is 0 Å². The Hall–Kier alpha value is -2.08. The molecule has 2 N–H and O–H groups in total. The molecule has 0 atom stereocenters. The van der Waals surface area contributed by atoms with Crippen LogP contribution in [-0.2, 0) is 11.2 Å². The molecule has 1 aromatic carbocycles. The Morgan fingerprint density at radius 2 is 2.18 bits per heavy atom. The van der Waals surface area contributed by atoms with E-state index in [9.17, 15) is 4.79 Å². The molecule has 1 amide bonds. The van der Waals surface area contributed by atoms with E-state index in [0.29, 0.717) is 0 Å². The fourth-order valence-corrected chi connectivity index (χ4v) is 2.19. The number of halogens is 1. The first-order valence-electron chi connectivity index (χ1n) is 6.97. The van der Waals surface area contributed by atoms with Crippen LogP contribution in [0.5, 0.6) is 0 Å². The average Bonchev–Trinajstić information content (AvgIpc) is 3.02. The van der Waals surface area contributed by atoms with E-state index in [2.05, 4.69) is 31.8 Å². The third-order valence-corrected chi connectivity index (χ3v) is 3.46. The lowest BCUT2D eigenvalue weighted by Crippen LogP contribution is -2.26. The molecule has 1 heterocycles. The zero-order chi connectivity index (χ0) is 15.8. The van der Waals surface area contributed by atoms with Crippen LogP contribution < -0.4 is 10.7 Å². The highest BCUT2D eigenvalue weighted by atomic mass is 79.9. The number of furan rings is 1. The number of hydrazone groups is 1. The number of carbonyl (C=O) groups is 1. The van der Waals surface area contributed by atoms with Gasteiger partial charge in [0, 0.05) is 22.3 Å². The van der Waals surface area contributed by atoms with Gasteiger partial charge in [-0.15, -0.1) is 0 Å². The van der Waals surface area contributed by atoms with Crippen molar-refractivity contribution in [2.24, 2.45) is 5.10 Å². The monoisotopic (exact) mass is 363 g/mol. The summed E-state index contributed by atoms with van der Waals surface area (Å²) in [6, 6.07) is 11.4. The molecule has 0 saturated heterocycles. The van der Waals surface area contributed by atoms with Crippen molar-refractivity contribution in [2.75, 3.05) is 11.9 Å². The van der Waals surface area contributed by atoms with E-state index in [4.69, 9.17) is 4.42 Å². The molecule has 116 valence electrons. The fourth-order valence-electron chi connectivity index (χ4n) is 1.79. The molecule has 0 spiro atoms. The van der Waals surface area contributed by atoms with Crippen molar-refractivity contribution >= 4 is 33.2 Å². The molecular weight excluding hydrogens is 346 g/mol. The van der Waals surface area contributed by atoms with Crippen LogP contribution in [-0.4, -0.2) is 18.2 Å². The topological polar surface area (TPSA) is 66.6 Å². The number of anilines is 1. The maximum Gasteiger partial charge on any atom is 0.259 e. The average molecular weight is 364 g/mol. The first kappa shape index (κ1) is 16.3. The molecule has 22 heavy (non-hydrogen) atoms. The Kier molecular flexibility index (Phi) is 6.21. The van der Waals surface area contributed by atoms with Crippen LogP contribution >= 0.6 is 15.9 Å². The van der Waals surface area contributed by atoms with Gasteiger partial charge in [-0.25, -0.2) is 5.43 Å². The largest absolute Gasteiger partial charge is 0.469 e. The predicted molar refractivity (Wildman–Crippen MR) is 90.9 cm³/mol. The van der Waals surface area contributed by atoms with Crippen LogP contribution in [0.1, 0.15) is 19.1 Å². The zero-order valence-electron chi connectivity index (χ0n) is 12.3. The lowest BCUT2D eigenvalue weighted by Gasteiger charge is -2.06. The minimum absolute atomic E-state index is 0.172. The van der Waals surface area contributed by atoms with Crippen molar-refractivity contribution in [3.05, 3.63) is 52.9 Å². The standard InChI is InChI=1S/C16H18BrN3O2/c1-12(7-8-15-6-3-9-22-15)19-20-16(21)11-18-14-5-2-4-13(17)10-14/h2-6,9-10,18H,7-8,11H2,1H3,(H,20,21)/b19-12+. The van der Waals surface area contributed by atoms with Crippen molar-refractivity contribution in [1.82, 2.24) is 5.43 Å². The SMILES string of the molecule is C/C(CCc1ccco1)=N\NC(=O)CNc1cccc(Br)c1. The maximum atomic E-state index is 11.7. The summed E-state index contributed by atoms with van der Waals surface area (Å²) in [6.07, 6.45) is 3.17. The van der Waals surface area contributed by atoms with Crippen LogP contribution in [0.25, 0.3) is 0 Å². The van der Waals surface area contributed by atoms with Crippen LogP contribution in [0.4, 0.5) is 5.69 Å². The smallest absolute Gasteiger partial charge is 0.259 e. The molecule has 0 radical (unpaired) electrons. The molecule has 6 heteroatoms. The van der Waals surface area contributed by atoms with Crippen LogP contribution in [0, 0.1) is 0 Å². The molecule has 0 fully saturated rings. The molecule has 5 nitrogen and oxygen atoms in total. The number of rotatable bonds is 7. The van der Waals surface area contributed by atoms with Gasteiger partial charge >= 0.3 is 0 Å². The number of hydrogen-bond acceptors (Lipinski definition) is 4. The van der Waals surface area contributed by atoms with E-state index in [-0.39, 0.29) is 12.5 Å². The Bertz CT molecular complexity index is 639. The number of amides is 1. The van der Waals surface area contributed by atoms with E-state index in [0.717, 1.165) is 34.5 Å². The van der Waals surface area contributed by atoms with Crippen molar-refractivity contribution in [3.63, 3.8) is 0 Å². The highest BCUT2D eigenvalue weighted by molar-refractivity contribution is 9.10. The summed E-state index contributed by atoms with van der Waals surface area (Å²) >= 11 is 3.38. The number of benzene rings is 1. The van der Waals surface area contributed by atoms with Gasteiger partial charge in [-0.1, -0.05) is 22.0 Å². The minimum Gasteiger partial charge on any atom is -0.469 e. The van der Waals surface area contributed by atoms with E-state index in [1.807, 2.05) is 43.3 Å². The normalized spacial score (nSPS) is 11.3. The second-order valence-electron chi connectivity index (χ2n) is 4.83.